The number of anilines is 3. The van der Waals surface area contributed by atoms with E-state index in [1.54, 1.807) is 0 Å². The Morgan fingerprint density at radius 2 is 1.82 bits per heavy atom. The molecule has 0 radical (unpaired) electrons. The molecule has 0 atom stereocenters. The van der Waals surface area contributed by atoms with E-state index in [9.17, 15) is 5.11 Å². The molecule has 1 fully saturated rings. The predicted molar refractivity (Wildman–Crippen MR) is 131 cm³/mol. The maximum Gasteiger partial charge on any atom is 0.130 e. The maximum atomic E-state index is 9.74. The summed E-state index contributed by atoms with van der Waals surface area (Å²) >= 11 is 0. The molecule has 2 aliphatic rings. The predicted octanol–water partition coefficient (Wildman–Crippen LogP) is 4.01. The first-order valence-electron chi connectivity index (χ1n) is 11.6. The number of aliphatic hydroxyl groups excluding tert-OH is 1. The van der Waals surface area contributed by atoms with E-state index in [0.29, 0.717) is 0 Å². The van der Waals surface area contributed by atoms with E-state index in [2.05, 4.69) is 69.1 Å². The van der Waals surface area contributed by atoms with Crippen LogP contribution in [0, 0.1) is 6.92 Å². The molecule has 2 aliphatic heterocycles. The van der Waals surface area contributed by atoms with Gasteiger partial charge in [0.15, 0.2) is 0 Å². The van der Waals surface area contributed by atoms with Crippen molar-refractivity contribution < 1.29 is 5.11 Å². The number of nitrogens with zero attached hydrogens (tertiary/aromatic N) is 4. The minimum Gasteiger partial charge on any atom is -0.393 e. The van der Waals surface area contributed by atoms with Crippen LogP contribution in [0.3, 0.4) is 0 Å². The van der Waals surface area contributed by atoms with Crippen LogP contribution in [0.5, 0.6) is 0 Å². The summed E-state index contributed by atoms with van der Waals surface area (Å²) in [5.74, 6) is 0.837. The number of benzene rings is 1. The highest BCUT2D eigenvalue weighted by Gasteiger charge is 2.22. The van der Waals surface area contributed by atoms with Gasteiger partial charge < -0.3 is 20.6 Å². The Bertz CT molecular complexity index is 1300. The Hall–Kier alpha value is -3.42. The van der Waals surface area contributed by atoms with Crippen LogP contribution in [0.15, 0.2) is 55.0 Å². The van der Waals surface area contributed by atoms with Crippen molar-refractivity contribution in [1.29, 1.82) is 0 Å². The number of aliphatic hydroxyl groups is 1. The van der Waals surface area contributed by atoms with E-state index in [4.69, 9.17) is 0 Å². The van der Waals surface area contributed by atoms with Gasteiger partial charge in [-0.2, -0.15) is 5.10 Å². The zero-order valence-corrected chi connectivity index (χ0v) is 18.8. The van der Waals surface area contributed by atoms with Crippen LogP contribution in [0.1, 0.15) is 29.5 Å². The van der Waals surface area contributed by atoms with Crippen LogP contribution in [0.25, 0.3) is 16.6 Å². The first-order chi connectivity index (χ1) is 16.2. The Morgan fingerprint density at radius 1 is 0.970 bits per heavy atom. The summed E-state index contributed by atoms with van der Waals surface area (Å²) in [6.45, 7) is 5.51. The molecule has 0 unspecified atom stereocenters. The highest BCUT2D eigenvalue weighted by molar-refractivity contribution is 5.85. The largest absolute Gasteiger partial charge is 0.393 e. The number of piperidine rings is 1. The SMILES string of the molecule is Cc1ccc2c(-c3ccc(Nc4ccc(N5CCC(O)CC5)cn4)c4c3CNC4)cnn2c1. The molecule has 0 amide bonds. The summed E-state index contributed by atoms with van der Waals surface area (Å²) in [6, 6.07) is 12.8. The van der Waals surface area contributed by atoms with Crippen LogP contribution in [0.2, 0.25) is 0 Å². The fraction of sp³-hybridized carbons (Fsp3) is 0.308. The molecule has 5 heterocycles. The van der Waals surface area contributed by atoms with Gasteiger partial charge >= 0.3 is 0 Å². The smallest absolute Gasteiger partial charge is 0.130 e. The molecule has 3 N–H and O–H groups in total. The standard InChI is InChI=1S/C26H28N6O/c1-17-2-6-25-23(15-29-32(25)16-17)20-4-5-24(22-14-27-13-21(20)22)30-26-7-3-18(12-28-26)31-10-8-19(33)9-11-31/h2-7,12,15-16,19,27,33H,8-11,13-14H2,1H3,(H,28,30). The highest BCUT2D eigenvalue weighted by atomic mass is 16.3. The fourth-order valence-electron chi connectivity index (χ4n) is 4.98. The molecule has 0 bridgehead atoms. The molecule has 1 aromatic carbocycles. The van der Waals surface area contributed by atoms with E-state index < -0.39 is 0 Å². The van der Waals surface area contributed by atoms with Crippen molar-refractivity contribution in [2.75, 3.05) is 23.3 Å². The van der Waals surface area contributed by atoms with Gasteiger partial charge in [-0.15, -0.1) is 0 Å². The molecule has 6 rings (SSSR count). The Kier molecular flexibility index (Phi) is 5.00. The molecule has 0 saturated carbocycles. The summed E-state index contributed by atoms with van der Waals surface area (Å²) in [7, 11) is 0. The Labute approximate surface area is 193 Å². The summed E-state index contributed by atoms with van der Waals surface area (Å²) in [6.07, 6.45) is 7.42. The van der Waals surface area contributed by atoms with Crippen molar-refractivity contribution in [3.63, 3.8) is 0 Å². The number of hydrogen-bond acceptors (Lipinski definition) is 6. The van der Waals surface area contributed by atoms with E-state index >= 15 is 0 Å². The molecule has 33 heavy (non-hydrogen) atoms. The van der Waals surface area contributed by atoms with Crippen molar-refractivity contribution in [3.8, 4) is 11.1 Å². The van der Waals surface area contributed by atoms with Gasteiger partial charge in [-0.25, -0.2) is 9.50 Å². The monoisotopic (exact) mass is 440 g/mol. The number of aromatic nitrogens is 3. The molecular weight excluding hydrogens is 412 g/mol. The van der Waals surface area contributed by atoms with Crippen LogP contribution in [-0.2, 0) is 13.1 Å². The number of fused-ring (bicyclic) bond motifs is 2. The second kappa shape index (κ2) is 8.17. The van der Waals surface area contributed by atoms with E-state index in [0.717, 1.165) is 67.3 Å². The third-order valence-corrected chi connectivity index (χ3v) is 6.83. The lowest BCUT2D eigenvalue weighted by Gasteiger charge is -2.31. The zero-order chi connectivity index (χ0) is 22.4. The molecule has 3 aromatic heterocycles. The quantitative estimate of drug-likeness (QED) is 0.445. The van der Waals surface area contributed by atoms with Gasteiger partial charge in [-0.1, -0.05) is 12.1 Å². The molecule has 0 aliphatic carbocycles. The molecule has 4 aromatic rings. The van der Waals surface area contributed by atoms with Gasteiger partial charge in [-0.05, 0) is 66.3 Å². The van der Waals surface area contributed by atoms with Crippen molar-refractivity contribution in [2.24, 2.45) is 0 Å². The number of pyridine rings is 2. The second-order valence-corrected chi connectivity index (χ2v) is 9.06. The number of rotatable bonds is 4. The highest BCUT2D eigenvalue weighted by Crippen LogP contribution is 2.36. The van der Waals surface area contributed by atoms with E-state index in [1.807, 2.05) is 23.0 Å². The lowest BCUT2D eigenvalue weighted by Crippen LogP contribution is -2.35. The normalized spacial score (nSPS) is 16.4. The first kappa shape index (κ1) is 20.2. The second-order valence-electron chi connectivity index (χ2n) is 9.06. The fourth-order valence-corrected chi connectivity index (χ4v) is 4.98. The van der Waals surface area contributed by atoms with Gasteiger partial charge in [0, 0.05) is 43.6 Å². The van der Waals surface area contributed by atoms with Crippen LogP contribution < -0.4 is 15.5 Å². The lowest BCUT2D eigenvalue weighted by molar-refractivity contribution is 0.145. The Balaban J connectivity index is 1.27. The molecular formula is C26H28N6O. The third-order valence-electron chi connectivity index (χ3n) is 6.83. The van der Waals surface area contributed by atoms with Gasteiger partial charge in [-0.3, -0.25) is 0 Å². The summed E-state index contributed by atoms with van der Waals surface area (Å²) in [5, 5.41) is 21.4. The van der Waals surface area contributed by atoms with Gasteiger partial charge in [0.05, 0.1) is 29.7 Å². The Morgan fingerprint density at radius 3 is 2.64 bits per heavy atom. The topological polar surface area (TPSA) is 77.7 Å². The minimum absolute atomic E-state index is 0.168. The number of nitrogens with one attached hydrogen (secondary N) is 2. The van der Waals surface area contributed by atoms with E-state index in [1.165, 1.54) is 22.3 Å². The van der Waals surface area contributed by atoms with Crippen molar-refractivity contribution in [2.45, 2.75) is 39.0 Å². The minimum atomic E-state index is -0.168. The summed E-state index contributed by atoms with van der Waals surface area (Å²) in [5.41, 5.74) is 9.52. The average molecular weight is 441 g/mol. The van der Waals surface area contributed by atoms with Gasteiger partial charge in [0.2, 0.25) is 0 Å². The van der Waals surface area contributed by atoms with Crippen molar-refractivity contribution >= 4 is 22.7 Å². The first-order valence-corrected chi connectivity index (χ1v) is 11.6. The van der Waals surface area contributed by atoms with Crippen molar-refractivity contribution in [3.05, 3.63) is 71.7 Å². The lowest BCUT2D eigenvalue weighted by atomic mass is 9.96. The summed E-state index contributed by atoms with van der Waals surface area (Å²) < 4.78 is 1.96. The average Bonchev–Trinajstić information content (AvgIpc) is 3.48. The summed E-state index contributed by atoms with van der Waals surface area (Å²) in [4.78, 5) is 6.96. The van der Waals surface area contributed by atoms with E-state index in [-0.39, 0.29) is 6.10 Å². The zero-order valence-electron chi connectivity index (χ0n) is 18.8. The molecule has 7 nitrogen and oxygen atoms in total. The molecule has 1 saturated heterocycles. The van der Waals surface area contributed by atoms with Crippen molar-refractivity contribution in [1.82, 2.24) is 19.9 Å². The number of hydrogen-bond donors (Lipinski definition) is 3. The van der Waals surface area contributed by atoms with Crippen LogP contribution >= 0.6 is 0 Å². The van der Waals surface area contributed by atoms with Crippen LogP contribution in [0.4, 0.5) is 17.2 Å². The molecule has 0 spiro atoms. The van der Waals surface area contributed by atoms with Gasteiger partial charge in [0.25, 0.3) is 0 Å². The maximum absolute atomic E-state index is 9.74. The molecule has 168 valence electrons. The molecule has 7 heteroatoms. The number of aryl methyl sites for hydroxylation is 1. The third kappa shape index (κ3) is 3.73. The van der Waals surface area contributed by atoms with Crippen LogP contribution in [-0.4, -0.2) is 38.9 Å². The van der Waals surface area contributed by atoms with Gasteiger partial charge in [0.1, 0.15) is 5.82 Å².